The zero-order valence-electron chi connectivity index (χ0n) is 1.99. The van der Waals surface area contributed by atoms with Crippen molar-refractivity contribution in [1.82, 2.24) is 0 Å². The van der Waals surface area contributed by atoms with E-state index in [2.05, 4.69) is 0 Å². The first-order chi connectivity index (χ1) is 1.00. The second-order valence-corrected chi connectivity index (χ2v) is 0. The van der Waals surface area contributed by atoms with Gasteiger partial charge < -0.3 is 0 Å². The first kappa shape index (κ1) is 17.0. The molecule has 0 aliphatic rings. The third-order valence-corrected chi connectivity index (χ3v) is 0. The predicted octanol–water partition coefficient (Wildman–Crippen LogP) is -0.883. The van der Waals surface area contributed by atoms with Crippen LogP contribution in [0, 0.1) is 0 Å². The molecule has 0 N–H and O–H groups in total. The van der Waals surface area contributed by atoms with Crippen molar-refractivity contribution >= 4 is 40.4 Å². The van der Waals surface area contributed by atoms with Gasteiger partial charge in [0.25, 0.3) is 0 Å². The second kappa shape index (κ2) is 21.1. The van der Waals surface area contributed by atoms with Gasteiger partial charge in [0.15, 0.2) is 0 Å². The summed E-state index contributed by atoms with van der Waals surface area (Å²) in [6, 6.07) is 0. The fourth-order valence-electron chi connectivity index (χ4n) is 0. The van der Waals surface area contributed by atoms with Crippen LogP contribution >= 0.6 is 0 Å². The van der Waals surface area contributed by atoms with E-state index in [0.29, 0.717) is 0 Å². The molecule has 0 saturated heterocycles. The molecule has 22 valence electrons. The Kier molecular flexibility index (Phi) is 89.4. The van der Waals surface area contributed by atoms with Crippen LogP contribution in [-0.4, -0.2) is 40.4 Å². The van der Waals surface area contributed by atoms with Crippen LogP contribution in [0.1, 0.15) is 0 Å². The first-order valence-electron chi connectivity index (χ1n) is 0.123. The SMILES string of the molecule is [Al].[Mg].[O]=[Ag]. The molecule has 0 heterocycles. The standard InChI is InChI=1S/Ag.Al.Mg.O. The minimum absolute atomic E-state index is 0. The van der Waals surface area contributed by atoms with Crippen LogP contribution in [0.5, 0.6) is 0 Å². The van der Waals surface area contributed by atoms with Crippen LogP contribution in [0.3, 0.4) is 0 Å². The van der Waals surface area contributed by atoms with Gasteiger partial charge in [-0.1, -0.05) is 0 Å². The van der Waals surface area contributed by atoms with E-state index in [1.807, 2.05) is 0 Å². The minimum atomic E-state index is 0. The monoisotopic (exact) mass is 174 g/mol. The van der Waals surface area contributed by atoms with E-state index in [-0.39, 0.29) is 40.4 Å². The van der Waals surface area contributed by atoms with Gasteiger partial charge in [-0.2, -0.15) is 0 Å². The van der Waals surface area contributed by atoms with Gasteiger partial charge in [-0.3, -0.25) is 0 Å². The molecule has 0 aromatic rings. The van der Waals surface area contributed by atoms with Gasteiger partial charge >= 0.3 is 24.3 Å². The van der Waals surface area contributed by atoms with Crippen molar-refractivity contribution in [3.05, 3.63) is 0 Å². The Balaban J connectivity index is -0.00000000500. The van der Waals surface area contributed by atoms with E-state index in [0.717, 1.165) is 0 Å². The quantitative estimate of drug-likeness (QED) is 0.437. The molecule has 0 spiro atoms. The molecule has 0 saturated carbocycles. The van der Waals surface area contributed by atoms with Crippen LogP contribution in [0.4, 0.5) is 0 Å². The van der Waals surface area contributed by atoms with E-state index in [1.54, 1.807) is 21.0 Å². The van der Waals surface area contributed by atoms with Gasteiger partial charge in [0.05, 0.1) is 0 Å². The van der Waals surface area contributed by atoms with E-state index in [9.17, 15) is 0 Å². The summed E-state index contributed by atoms with van der Waals surface area (Å²) in [5, 5.41) is 0. The summed E-state index contributed by atoms with van der Waals surface area (Å²) in [7, 11) is 0. The first-order valence-corrected chi connectivity index (χ1v) is 0.728. The summed E-state index contributed by atoms with van der Waals surface area (Å²) in [4.78, 5) is 0. The summed E-state index contributed by atoms with van der Waals surface area (Å²) >= 11 is 1.70. The molecule has 0 bridgehead atoms. The average Bonchev–Trinajstić information content (AvgIpc) is 1.00. The molecular weight excluding hydrogens is 175 g/mol. The fourth-order valence-corrected chi connectivity index (χ4v) is 0. The Morgan fingerprint density at radius 2 is 1.25 bits per heavy atom. The van der Waals surface area contributed by atoms with Gasteiger partial charge in [0, 0.05) is 40.4 Å². The van der Waals surface area contributed by atoms with Crippen molar-refractivity contribution in [2.24, 2.45) is 0 Å². The molecule has 0 rings (SSSR count). The van der Waals surface area contributed by atoms with Crippen LogP contribution < -0.4 is 0 Å². The Bertz CT molecular complexity index is 8.00. The molecule has 0 atom stereocenters. The maximum absolute atomic E-state index is 8.06. The van der Waals surface area contributed by atoms with Crippen LogP contribution in [0.2, 0.25) is 0 Å². The Morgan fingerprint density at radius 1 is 1.25 bits per heavy atom. The molecular formula is AgAlMgO. The zero-order valence-corrected chi connectivity index (χ0v) is 6.05. The normalized spacial score (nSPS) is 1.50. The molecule has 1 nitrogen and oxygen atoms in total. The number of hydrogen-bond donors (Lipinski definition) is 0. The van der Waals surface area contributed by atoms with Gasteiger partial charge in [0.1, 0.15) is 0 Å². The van der Waals surface area contributed by atoms with Crippen molar-refractivity contribution < 1.29 is 24.3 Å². The van der Waals surface area contributed by atoms with E-state index >= 15 is 0 Å². The molecule has 0 unspecified atom stereocenters. The fraction of sp³-hybridized carbons (Fsp3) is 0. The molecule has 0 aromatic carbocycles. The zero-order chi connectivity index (χ0) is 2.00. The van der Waals surface area contributed by atoms with E-state index in [4.69, 9.17) is 3.25 Å². The van der Waals surface area contributed by atoms with Crippen LogP contribution in [0.25, 0.3) is 0 Å². The summed E-state index contributed by atoms with van der Waals surface area (Å²) in [6.07, 6.45) is 0. The van der Waals surface area contributed by atoms with E-state index in [1.165, 1.54) is 0 Å². The molecule has 0 aromatic heterocycles. The van der Waals surface area contributed by atoms with Crippen molar-refractivity contribution in [3.63, 3.8) is 0 Å². The Morgan fingerprint density at radius 3 is 1.25 bits per heavy atom. The maximum atomic E-state index is 8.06. The average molecular weight is 175 g/mol. The van der Waals surface area contributed by atoms with Crippen molar-refractivity contribution in [1.29, 1.82) is 0 Å². The summed E-state index contributed by atoms with van der Waals surface area (Å²) in [5.74, 6) is 0. The molecule has 0 aliphatic carbocycles. The molecule has 5 radical (unpaired) electrons. The number of rotatable bonds is 0. The van der Waals surface area contributed by atoms with Gasteiger partial charge in [-0.25, -0.2) is 0 Å². The molecule has 0 amide bonds. The molecule has 0 aliphatic heterocycles. The molecule has 4 heavy (non-hydrogen) atoms. The molecule has 0 fully saturated rings. The van der Waals surface area contributed by atoms with Crippen LogP contribution in [-0.2, 0) is 24.3 Å². The van der Waals surface area contributed by atoms with Gasteiger partial charge in [-0.05, 0) is 0 Å². The van der Waals surface area contributed by atoms with E-state index < -0.39 is 0 Å². The van der Waals surface area contributed by atoms with Crippen molar-refractivity contribution in [2.75, 3.05) is 0 Å². The van der Waals surface area contributed by atoms with Crippen LogP contribution in [0.15, 0.2) is 0 Å². The predicted molar refractivity (Wildman–Crippen MR) is 12.2 cm³/mol. The van der Waals surface area contributed by atoms with Crippen molar-refractivity contribution in [3.8, 4) is 0 Å². The number of hydrogen-bond acceptors (Lipinski definition) is 1. The molecule has 4 heteroatoms. The second-order valence-electron chi connectivity index (χ2n) is 0. The summed E-state index contributed by atoms with van der Waals surface area (Å²) in [5.41, 5.74) is 0. The Labute approximate surface area is 64.1 Å². The Hall–Kier alpha value is 1.84. The summed E-state index contributed by atoms with van der Waals surface area (Å²) in [6.45, 7) is 0. The third-order valence-electron chi connectivity index (χ3n) is 0. The topological polar surface area (TPSA) is 17.1 Å². The van der Waals surface area contributed by atoms with Crippen molar-refractivity contribution in [2.45, 2.75) is 0 Å². The van der Waals surface area contributed by atoms with Gasteiger partial charge in [0.2, 0.25) is 0 Å². The van der Waals surface area contributed by atoms with Gasteiger partial charge in [-0.15, -0.1) is 0 Å². The third kappa shape index (κ3) is 9.15. The summed E-state index contributed by atoms with van der Waals surface area (Å²) < 4.78 is 8.06.